The van der Waals surface area contributed by atoms with Crippen molar-refractivity contribution in [2.24, 2.45) is 0 Å². The van der Waals surface area contributed by atoms with Crippen LogP contribution in [0, 0.1) is 0 Å². The number of hydrogen-bond acceptors (Lipinski definition) is 5. The topological polar surface area (TPSA) is 73.6 Å². The van der Waals surface area contributed by atoms with Gasteiger partial charge >= 0.3 is 15.7 Å². The van der Waals surface area contributed by atoms with Crippen molar-refractivity contribution in [3.8, 4) is 5.75 Å². The minimum absolute atomic E-state index is 0.00566. The summed E-state index contributed by atoms with van der Waals surface area (Å²) in [5.41, 5.74) is 1.70. The fraction of sp³-hybridized carbons (Fsp3) is 0.211. The van der Waals surface area contributed by atoms with Crippen molar-refractivity contribution in [1.82, 2.24) is 0 Å². The maximum Gasteiger partial charge on any atom is 0.339 e. The molecule has 0 saturated carbocycles. The van der Waals surface area contributed by atoms with Crippen LogP contribution in [0.5, 0.6) is 5.75 Å². The van der Waals surface area contributed by atoms with Gasteiger partial charge in [0.15, 0.2) is 0 Å². The average molecular weight is 391 g/mol. The second kappa shape index (κ2) is 6.45. The van der Waals surface area contributed by atoms with Crippen molar-refractivity contribution in [3.63, 3.8) is 0 Å². The van der Waals surface area contributed by atoms with Gasteiger partial charge in [0.1, 0.15) is 16.2 Å². The Hall–Kier alpha value is -2.31. The normalized spacial score (nSPS) is 14.2. The molecule has 0 unspecified atom stereocenters. The third-order valence-corrected chi connectivity index (χ3v) is 6.02. The highest BCUT2D eigenvalue weighted by Crippen LogP contribution is 2.30. The van der Waals surface area contributed by atoms with E-state index in [0.717, 1.165) is 42.2 Å². The van der Waals surface area contributed by atoms with Crippen LogP contribution in [0.2, 0.25) is 5.02 Å². The Morgan fingerprint density at radius 3 is 2.38 bits per heavy atom. The Kier molecular flexibility index (Phi) is 4.25. The molecule has 1 aliphatic carbocycles. The minimum atomic E-state index is -4.00. The third-order valence-electron chi connectivity index (χ3n) is 4.50. The van der Waals surface area contributed by atoms with Crippen LogP contribution in [0.4, 0.5) is 0 Å². The first-order valence-corrected chi connectivity index (χ1v) is 10.0. The van der Waals surface area contributed by atoms with Crippen molar-refractivity contribution in [2.45, 2.75) is 30.6 Å². The molecule has 0 aliphatic heterocycles. The molecule has 134 valence electrons. The van der Waals surface area contributed by atoms with Crippen LogP contribution >= 0.6 is 11.6 Å². The highest BCUT2D eigenvalue weighted by atomic mass is 35.5. The molecule has 1 heterocycles. The molecule has 1 aliphatic rings. The fourth-order valence-electron chi connectivity index (χ4n) is 3.25. The van der Waals surface area contributed by atoms with Gasteiger partial charge in [0.2, 0.25) is 0 Å². The molecule has 4 rings (SSSR count). The number of hydrogen-bond donors (Lipinski definition) is 0. The number of fused-ring (bicyclic) bond motifs is 3. The first kappa shape index (κ1) is 17.1. The summed E-state index contributed by atoms with van der Waals surface area (Å²) in [5, 5.41) is 1.26. The average Bonchev–Trinajstić information content (AvgIpc) is 2.62. The van der Waals surface area contributed by atoms with Gasteiger partial charge in [-0.25, -0.2) is 4.79 Å². The lowest BCUT2D eigenvalue weighted by Gasteiger charge is -2.16. The monoisotopic (exact) mass is 390 g/mol. The zero-order valence-corrected chi connectivity index (χ0v) is 15.3. The molecule has 0 N–H and O–H groups in total. The lowest BCUT2D eigenvalue weighted by molar-refractivity contribution is 0.484. The summed E-state index contributed by atoms with van der Waals surface area (Å²) >= 11 is 5.78. The molecule has 2 aromatic carbocycles. The molecule has 26 heavy (non-hydrogen) atoms. The second-order valence-corrected chi connectivity index (χ2v) is 8.19. The maximum absolute atomic E-state index is 12.4. The van der Waals surface area contributed by atoms with E-state index < -0.39 is 10.1 Å². The smallest absolute Gasteiger partial charge is 0.339 e. The largest absolute Gasteiger partial charge is 0.422 e. The molecule has 0 saturated heterocycles. The highest BCUT2D eigenvalue weighted by molar-refractivity contribution is 7.87. The molecule has 3 aromatic rings. The van der Waals surface area contributed by atoms with Crippen LogP contribution in [0.25, 0.3) is 11.0 Å². The van der Waals surface area contributed by atoms with Crippen molar-refractivity contribution < 1.29 is 17.0 Å². The van der Waals surface area contributed by atoms with Gasteiger partial charge in [-0.15, -0.1) is 0 Å². The van der Waals surface area contributed by atoms with Crippen LogP contribution in [0.3, 0.4) is 0 Å². The van der Waals surface area contributed by atoms with Crippen LogP contribution in [0.1, 0.15) is 24.0 Å². The van der Waals surface area contributed by atoms with Crippen molar-refractivity contribution >= 4 is 32.7 Å². The lowest BCUT2D eigenvalue weighted by atomic mass is 9.91. The van der Waals surface area contributed by atoms with Gasteiger partial charge in [0, 0.05) is 22.0 Å². The molecule has 0 atom stereocenters. The summed E-state index contributed by atoms with van der Waals surface area (Å²) < 4.78 is 35.4. The Labute approximate surface area is 155 Å². The van der Waals surface area contributed by atoms with E-state index in [1.807, 2.05) is 0 Å². The summed E-state index contributed by atoms with van der Waals surface area (Å²) in [7, 11) is -4.00. The van der Waals surface area contributed by atoms with E-state index in [-0.39, 0.29) is 16.3 Å². The Balaban J connectivity index is 1.74. The van der Waals surface area contributed by atoms with Gasteiger partial charge in [-0.2, -0.15) is 8.42 Å². The van der Waals surface area contributed by atoms with E-state index in [2.05, 4.69) is 0 Å². The summed E-state index contributed by atoms with van der Waals surface area (Å²) in [4.78, 5) is 12.2. The molecular formula is C19H15ClO5S. The lowest BCUT2D eigenvalue weighted by Crippen LogP contribution is -2.16. The van der Waals surface area contributed by atoms with Gasteiger partial charge in [-0.1, -0.05) is 11.6 Å². The van der Waals surface area contributed by atoms with Gasteiger partial charge in [-0.05, 0) is 67.6 Å². The van der Waals surface area contributed by atoms with E-state index >= 15 is 0 Å². The Bertz CT molecular complexity index is 1150. The van der Waals surface area contributed by atoms with Gasteiger partial charge < -0.3 is 8.60 Å². The highest BCUT2D eigenvalue weighted by Gasteiger charge is 2.20. The minimum Gasteiger partial charge on any atom is -0.422 e. The second-order valence-electron chi connectivity index (χ2n) is 6.20. The molecule has 0 amide bonds. The van der Waals surface area contributed by atoms with Crippen molar-refractivity contribution in [2.75, 3.05) is 0 Å². The Morgan fingerprint density at radius 2 is 1.65 bits per heavy atom. The number of halogens is 1. The maximum atomic E-state index is 12.4. The Morgan fingerprint density at radius 1 is 0.962 bits per heavy atom. The first-order chi connectivity index (χ1) is 12.4. The van der Waals surface area contributed by atoms with Gasteiger partial charge in [0.05, 0.1) is 0 Å². The SMILES string of the molecule is O=c1oc2cc(OS(=O)(=O)c3ccc(Cl)cc3)ccc2c2c1CCCC2. The first-order valence-electron chi connectivity index (χ1n) is 8.23. The fourth-order valence-corrected chi connectivity index (χ4v) is 4.30. The molecule has 0 spiro atoms. The third kappa shape index (κ3) is 3.10. The predicted molar refractivity (Wildman–Crippen MR) is 98.4 cm³/mol. The van der Waals surface area contributed by atoms with E-state index in [1.54, 1.807) is 12.1 Å². The molecule has 7 heteroatoms. The van der Waals surface area contributed by atoms with Crippen LogP contribution in [0.15, 0.2) is 56.6 Å². The number of rotatable bonds is 3. The summed E-state index contributed by atoms with van der Waals surface area (Å²) in [6, 6.07) is 10.5. The molecule has 0 bridgehead atoms. The van der Waals surface area contributed by atoms with Gasteiger partial charge in [-0.3, -0.25) is 0 Å². The van der Waals surface area contributed by atoms with Crippen LogP contribution in [-0.2, 0) is 23.0 Å². The zero-order chi connectivity index (χ0) is 18.3. The molecule has 5 nitrogen and oxygen atoms in total. The molecule has 1 aromatic heterocycles. The van der Waals surface area contributed by atoms with E-state index in [1.165, 1.54) is 30.3 Å². The molecule has 0 radical (unpaired) electrons. The number of aryl methyl sites for hydroxylation is 1. The molecular weight excluding hydrogens is 376 g/mol. The zero-order valence-electron chi connectivity index (χ0n) is 13.7. The quantitative estimate of drug-likeness (QED) is 0.497. The van der Waals surface area contributed by atoms with E-state index in [4.69, 9.17) is 20.2 Å². The van der Waals surface area contributed by atoms with E-state index in [9.17, 15) is 13.2 Å². The van der Waals surface area contributed by atoms with Crippen molar-refractivity contribution in [3.05, 3.63) is 69.0 Å². The summed E-state index contributed by atoms with van der Waals surface area (Å²) in [6.07, 6.45) is 3.54. The van der Waals surface area contributed by atoms with Crippen molar-refractivity contribution in [1.29, 1.82) is 0 Å². The molecule has 0 fully saturated rings. The number of benzene rings is 2. The van der Waals surface area contributed by atoms with Crippen LogP contribution in [-0.4, -0.2) is 8.42 Å². The summed E-state index contributed by atoms with van der Waals surface area (Å²) in [5.74, 6) is 0.0892. The van der Waals surface area contributed by atoms with Crippen LogP contribution < -0.4 is 9.81 Å². The van der Waals surface area contributed by atoms with E-state index in [0.29, 0.717) is 10.6 Å². The summed E-state index contributed by atoms with van der Waals surface area (Å²) in [6.45, 7) is 0. The predicted octanol–water partition coefficient (Wildman–Crippen LogP) is 4.09. The standard InChI is InChI=1S/C19H15ClO5S/c20-12-5-8-14(9-6-12)26(22,23)25-13-7-10-16-15-3-1-2-4-17(15)19(21)24-18(16)11-13/h5-11H,1-4H2. The van der Waals surface area contributed by atoms with Gasteiger partial charge in [0.25, 0.3) is 0 Å².